The molecule has 3 aromatic rings. The van der Waals surface area contributed by atoms with E-state index in [0.717, 1.165) is 11.1 Å². The Hall–Kier alpha value is -3.08. The van der Waals surface area contributed by atoms with Gasteiger partial charge in [0.25, 0.3) is 0 Å². The molecule has 0 N–H and O–H groups in total. The SMILES string of the molecule is COC(=O)[C@H](c1ccc(Cl)cc1)N(C(=O)C=Cc1ccccc1)C(C)c1ccc(Cl)cc1. The van der Waals surface area contributed by atoms with E-state index in [0.29, 0.717) is 15.6 Å². The first-order chi connectivity index (χ1) is 15.4. The average molecular weight is 468 g/mol. The molecule has 0 heterocycles. The van der Waals surface area contributed by atoms with Crippen molar-refractivity contribution in [2.45, 2.75) is 19.0 Å². The van der Waals surface area contributed by atoms with Crippen molar-refractivity contribution in [3.63, 3.8) is 0 Å². The van der Waals surface area contributed by atoms with Crippen molar-refractivity contribution in [3.05, 3.63) is 112 Å². The van der Waals surface area contributed by atoms with Gasteiger partial charge in [-0.2, -0.15) is 0 Å². The standard InChI is InChI=1S/C26H23Cl2NO3/c1-18(20-9-13-22(27)14-10-20)29(24(30)17-8-19-6-4-3-5-7-19)25(26(31)32-2)21-11-15-23(28)16-12-21/h3-18,25H,1-2H3/t18?,25-/m0/s1. The molecule has 0 aliphatic rings. The van der Waals surface area contributed by atoms with Crippen molar-refractivity contribution in [1.82, 2.24) is 4.90 Å². The number of methoxy groups -OCH3 is 1. The molecule has 0 aromatic heterocycles. The fourth-order valence-electron chi connectivity index (χ4n) is 3.43. The summed E-state index contributed by atoms with van der Waals surface area (Å²) in [5, 5.41) is 1.12. The zero-order valence-electron chi connectivity index (χ0n) is 17.7. The molecule has 6 heteroatoms. The van der Waals surface area contributed by atoms with Gasteiger partial charge < -0.3 is 9.64 Å². The van der Waals surface area contributed by atoms with Gasteiger partial charge in [-0.15, -0.1) is 0 Å². The maximum absolute atomic E-state index is 13.5. The van der Waals surface area contributed by atoms with E-state index in [1.54, 1.807) is 42.5 Å². The summed E-state index contributed by atoms with van der Waals surface area (Å²) in [7, 11) is 1.31. The minimum absolute atomic E-state index is 0.332. The summed E-state index contributed by atoms with van der Waals surface area (Å²) in [5.74, 6) is -0.878. The third kappa shape index (κ3) is 5.78. The van der Waals surface area contributed by atoms with Gasteiger partial charge in [-0.05, 0) is 54.0 Å². The molecule has 32 heavy (non-hydrogen) atoms. The zero-order chi connectivity index (χ0) is 23.1. The second-order valence-corrected chi connectivity index (χ2v) is 8.07. The summed E-state index contributed by atoms with van der Waals surface area (Å²) >= 11 is 12.1. The Balaban J connectivity index is 2.06. The lowest BCUT2D eigenvalue weighted by Gasteiger charge is -2.35. The maximum atomic E-state index is 13.5. The van der Waals surface area contributed by atoms with E-state index in [2.05, 4.69) is 0 Å². The lowest BCUT2D eigenvalue weighted by molar-refractivity contribution is -0.153. The molecule has 3 aromatic carbocycles. The Morgan fingerprint density at radius 1 is 0.844 bits per heavy atom. The number of carbonyl (C=O) groups is 2. The topological polar surface area (TPSA) is 46.6 Å². The highest BCUT2D eigenvalue weighted by molar-refractivity contribution is 6.30. The number of hydrogen-bond acceptors (Lipinski definition) is 3. The predicted octanol–water partition coefficient (Wildman–Crippen LogP) is 6.51. The highest BCUT2D eigenvalue weighted by Crippen LogP contribution is 2.33. The van der Waals surface area contributed by atoms with Crippen LogP contribution >= 0.6 is 23.2 Å². The average Bonchev–Trinajstić information content (AvgIpc) is 2.82. The number of nitrogens with zero attached hydrogens (tertiary/aromatic N) is 1. The van der Waals surface area contributed by atoms with Gasteiger partial charge in [0.05, 0.1) is 13.2 Å². The number of rotatable bonds is 7. The van der Waals surface area contributed by atoms with Gasteiger partial charge in [0.1, 0.15) is 0 Å². The molecule has 1 amide bonds. The Morgan fingerprint density at radius 3 is 1.91 bits per heavy atom. The van der Waals surface area contributed by atoms with Gasteiger partial charge in [-0.25, -0.2) is 4.79 Å². The highest BCUT2D eigenvalue weighted by Gasteiger charge is 2.35. The summed E-state index contributed by atoms with van der Waals surface area (Å²) in [5.41, 5.74) is 2.31. The van der Waals surface area contributed by atoms with Crippen LogP contribution in [-0.4, -0.2) is 23.9 Å². The van der Waals surface area contributed by atoms with Gasteiger partial charge in [0.15, 0.2) is 6.04 Å². The molecule has 0 aliphatic heterocycles. The molecule has 0 radical (unpaired) electrons. The van der Waals surface area contributed by atoms with E-state index >= 15 is 0 Å². The first-order valence-electron chi connectivity index (χ1n) is 10.0. The normalized spacial score (nSPS) is 12.9. The second-order valence-electron chi connectivity index (χ2n) is 7.19. The smallest absolute Gasteiger partial charge is 0.333 e. The molecule has 164 valence electrons. The predicted molar refractivity (Wildman–Crippen MR) is 128 cm³/mol. The lowest BCUT2D eigenvalue weighted by Crippen LogP contribution is -2.40. The summed E-state index contributed by atoms with van der Waals surface area (Å²) < 4.78 is 5.09. The fourth-order valence-corrected chi connectivity index (χ4v) is 3.68. The summed E-state index contributed by atoms with van der Waals surface area (Å²) in [6.07, 6.45) is 3.19. The van der Waals surface area contributed by atoms with Crippen LogP contribution in [0.3, 0.4) is 0 Å². The first kappa shape index (κ1) is 23.6. The van der Waals surface area contributed by atoms with Crippen LogP contribution in [-0.2, 0) is 14.3 Å². The zero-order valence-corrected chi connectivity index (χ0v) is 19.3. The minimum Gasteiger partial charge on any atom is -0.467 e. The molecule has 1 unspecified atom stereocenters. The second kappa shape index (κ2) is 11.0. The van der Waals surface area contributed by atoms with Crippen LogP contribution in [0.15, 0.2) is 84.9 Å². The molecule has 0 fully saturated rings. The van der Waals surface area contributed by atoms with Crippen molar-refractivity contribution in [3.8, 4) is 0 Å². The van der Waals surface area contributed by atoms with E-state index in [4.69, 9.17) is 27.9 Å². The number of esters is 1. The molecule has 0 saturated carbocycles. The van der Waals surface area contributed by atoms with Crippen LogP contribution in [0.25, 0.3) is 6.08 Å². The van der Waals surface area contributed by atoms with E-state index in [1.165, 1.54) is 18.1 Å². The molecular weight excluding hydrogens is 445 g/mol. The highest BCUT2D eigenvalue weighted by atomic mass is 35.5. The first-order valence-corrected chi connectivity index (χ1v) is 10.8. The summed E-state index contributed by atoms with van der Waals surface area (Å²) in [6.45, 7) is 1.86. The molecule has 0 bridgehead atoms. The van der Waals surface area contributed by atoms with E-state index in [9.17, 15) is 9.59 Å². The van der Waals surface area contributed by atoms with Gasteiger partial charge in [0.2, 0.25) is 5.91 Å². The molecule has 0 spiro atoms. The van der Waals surface area contributed by atoms with Crippen molar-refractivity contribution < 1.29 is 14.3 Å². The monoisotopic (exact) mass is 467 g/mol. The molecule has 0 aliphatic carbocycles. The number of benzene rings is 3. The van der Waals surface area contributed by atoms with Crippen LogP contribution < -0.4 is 0 Å². The van der Waals surface area contributed by atoms with Crippen LogP contribution in [0.4, 0.5) is 0 Å². The Labute approximate surface area is 198 Å². The molecule has 4 nitrogen and oxygen atoms in total. The third-order valence-electron chi connectivity index (χ3n) is 5.13. The number of carbonyl (C=O) groups excluding carboxylic acids is 2. The molecular formula is C26H23Cl2NO3. The number of halogens is 2. The van der Waals surface area contributed by atoms with Gasteiger partial charge in [-0.3, -0.25) is 4.79 Å². The Bertz CT molecular complexity index is 1080. The molecule has 2 atom stereocenters. The van der Waals surface area contributed by atoms with Crippen LogP contribution in [0.2, 0.25) is 10.0 Å². The molecule has 0 saturated heterocycles. The van der Waals surface area contributed by atoms with E-state index in [-0.39, 0.29) is 5.91 Å². The van der Waals surface area contributed by atoms with Crippen molar-refractivity contribution >= 4 is 41.2 Å². The maximum Gasteiger partial charge on any atom is 0.333 e. The van der Waals surface area contributed by atoms with Crippen LogP contribution in [0, 0.1) is 0 Å². The summed E-state index contributed by atoms with van der Waals surface area (Å²) in [4.78, 5) is 27.9. The summed E-state index contributed by atoms with van der Waals surface area (Å²) in [6, 6.07) is 22.1. The minimum atomic E-state index is -0.962. The van der Waals surface area contributed by atoms with Gasteiger partial charge in [-0.1, -0.05) is 77.8 Å². The van der Waals surface area contributed by atoms with E-state index in [1.807, 2.05) is 49.4 Å². The Kier molecular flexibility index (Phi) is 8.09. The van der Waals surface area contributed by atoms with Gasteiger partial charge in [0, 0.05) is 16.1 Å². The molecule has 3 rings (SSSR count). The third-order valence-corrected chi connectivity index (χ3v) is 5.63. The van der Waals surface area contributed by atoms with Crippen LogP contribution in [0.5, 0.6) is 0 Å². The van der Waals surface area contributed by atoms with Crippen molar-refractivity contribution in [2.24, 2.45) is 0 Å². The van der Waals surface area contributed by atoms with Crippen molar-refractivity contribution in [2.75, 3.05) is 7.11 Å². The van der Waals surface area contributed by atoms with E-state index < -0.39 is 18.1 Å². The largest absolute Gasteiger partial charge is 0.467 e. The quantitative estimate of drug-likeness (QED) is 0.293. The van der Waals surface area contributed by atoms with Crippen molar-refractivity contribution in [1.29, 1.82) is 0 Å². The van der Waals surface area contributed by atoms with Crippen LogP contribution in [0.1, 0.15) is 35.7 Å². The van der Waals surface area contributed by atoms with Gasteiger partial charge >= 0.3 is 5.97 Å². The lowest BCUT2D eigenvalue weighted by atomic mass is 9.99. The number of amides is 1. The number of hydrogen-bond donors (Lipinski definition) is 0. The Morgan fingerprint density at radius 2 is 1.38 bits per heavy atom. The number of ether oxygens (including phenoxy) is 1. The fraction of sp³-hybridized carbons (Fsp3) is 0.154.